The Morgan fingerprint density at radius 2 is 2.21 bits per heavy atom. The first-order valence-electron chi connectivity index (χ1n) is 5.80. The van der Waals surface area contributed by atoms with Gasteiger partial charge < -0.3 is 14.6 Å². The fourth-order valence-corrected chi connectivity index (χ4v) is 1.43. The Balaban J connectivity index is 2.67. The first kappa shape index (κ1) is 14.8. The molecule has 1 heterocycles. The number of hydrogen-bond acceptors (Lipinski definition) is 5. The highest BCUT2D eigenvalue weighted by Gasteiger charge is 2.24. The molecule has 1 amide bonds. The van der Waals surface area contributed by atoms with Gasteiger partial charge in [0, 0.05) is 5.92 Å². The molecule has 0 radical (unpaired) electrons. The maximum absolute atomic E-state index is 11.9. The average Bonchev–Trinajstić information content (AvgIpc) is 2.75. The van der Waals surface area contributed by atoms with Crippen molar-refractivity contribution in [2.45, 2.75) is 26.7 Å². The number of aryl methyl sites for hydroxylation is 1. The Morgan fingerprint density at radius 1 is 1.53 bits per heavy atom. The molecule has 6 nitrogen and oxygen atoms in total. The van der Waals surface area contributed by atoms with Gasteiger partial charge in [-0.05, 0) is 6.92 Å². The molecule has 0 unspecified atom stereocenters. The Hall–Kier alpha value is -2.29. The summed E-state index contributed by atoms with van der Waals surface area (Å²) >= 11 is 0. The highest BCUT2D eigenvalue weighted by Crippen LogP contribution is 2.22. The molecule has 0 aliphatic heterocycles. The van der Waals surface area contributed by atoms with Gasteiger partial charge in [-0.1, -0.05) is 24.9 Å². The monoisotopic (exact) mass is 264 g/mol. The van der Waals surface area contributed by atoms with Crippen molar-refractivity contribution in [3.05, 3.63) is 17.0 Å². The zero-order valence-electron chi connectivity index (χ0n) is 11.1. The molecule has 102 valence electrons. The predicted octanol–water partition coefficient (Wildman–Crippen LogP) is 1.01. The van der Waals surface area contributed by atoms with Crippen LogP contribution in [0.4, 0.5) is 0 Å². The normalized spacial score (nSPS) is 10.1. The number of hydrogen-bond donors (Lipinski definition) is 1. The molecule has 0 atom stereocenters. The second kappa shape index (κ2) is 6.59. The van der Waals surface area contributed by atoms with Crippen molar-refractivity contribution in [3.8, 4) is 12.3 Å². The zero-order valence-corrected chi connectivity index (χ0v) is 11.1. The number of aromatic nitrogens is 1. The van der Waals surface area contributed by atoms with Crippen LogP contribution in [-0.4, -0.2) is 30.2 Å². The van der Waals surface area contributed by atoms with E-state index in [4.69, 9.17) is 15.7 Å². The van der Waals surface area contributed by atoms with Crippen LogP contribution in [-0.2, 0) is 9.53 Å². The number of carbonyl (C=O) groups is 2. The molecule has 19 heavy (non-hydrogen) atoms. The lowest BCUT2D eigenvalue weighted by Crippen LogP contribution is -2.29. The third kappa shape index (κ3) is 3.85. The number of nitrogens with zero attached hydrogens (tertiary/aromatic N) is 1. The van der Waals surface area contributed by atoms with Crippen molar-refractivity contribution >= 4 is 11.9 Å². The van der Waals surface area contributed by atoms with Gasteiger partial charge in [0.15, 0.2) is 12.4 Å². The van der Waals surface area contributed by atoms with Crippen LogP contribution in [0.25, 0.3) is 0 Å². The molecular weight excluding hydrogens is 248 g/mol. The summed E-state index contributed by atoms with van der Waals surface area (Å²) in [6.07, 6.45) is 4.99. The van der Waals surface area contributed by atoms with E-state index in [1.807, 2.05) is 13.8 Å². The van der Waals surface area contributed by atoms with E-state index in [0.29, 0.717) is 11.5 Å². The summed E-state index contributed by atoms with van der Waals surface area (Å²) in [6, 6.07) is 0. The fourth-order valence-electron chi connectivity index (χ4n) is 1.43. The van der Waals surface area contributed by atoms with Crippen LogP contribution in [0, 0.1) is 19.3 Å². The van der Waals surface area contributed by atoms with E-state index in [-0.39, 0.29) is 24.6 Å². The minimum absolute atomic E-state index is 0.000910. The predicted molar refractivity (Wildman–Crippen MR) is 67.5 cm³/mol. The Labute approximate surface area is 111 Å². The molecule has 6 heteroatoms. The standard InChI is InChI=1S/C13H16N2O4/c1-5-6-14-10(16)7-18-13(17)11-9(4)15-19-12(11)8(2)3/h1,8H,6-7H2,2-4H3,(H,14,16). The number of rotatable bonds is 5. The fraction of sp³-hybridized carbons (Fsp3) is 0.462. The van der Waals surface area contributed by atoms with Crippen molar-refractivity contribution in [1.82, 2.24) is 10.5 Å². The highest BCUT2D eigenvalue weighted by molar-refractivity contribution is 5.93. The molecule has 1 rings (SSSR count). The maximum Gasteiger partial charge on any atom is 0.344 e. The van der Waals surface area contributed by atoms with E-state index in [9.17, 15) is 9.59 Å². The van der Waals surface area contributed by atoms with E-state index in [1.54, 1.807) is 6.92 Å². The molecule has 0 aromatic carbocycles. The quantitative estimate of drug-likeness (QED) is 0.634. The summed E-state index contributed by atoms with van der Waals surface area (Å²) in [5.74, 6) is 1.62. The van der Waals surface area contributed by atoms with Gasteiger partial charge >= 0.3 is 5.97 Å². The van der Waals surface area contributed by atoms with Gasteiger partial charge in [0.2, 0.25) is 0 Å². The number of carbonyl (C=O) groups excluding carboxylic acids is 2. The number of ether oxygens (including phenoxy) is 1. The van der Waals surface area contributed by atoms with Crippen molar-refractivity contribution in [3.63, 3.8) is 0 Å². The van der Waals surface area contributed by atoms with Crippen LogP contribution in [0.3, 0.4) is 0 Å². The Kier molecular flexibility index (Phi) is 5.12. The van der Waals surface area contributed by atoms with Crippen molar-refractivity contribution in [2.75, 3.05) is 13.2 Å². The topological polar surface area (TPSA) is 81.4 Å². The molecular formula is C13H16N2O4. The minimum Gasteiger partial charge on any atom is -0.452 e. The molecule has 0 bridgehead atoms. The van der Waals surface area contributed by atoms with Crippen molar-refractivity contribution < 1.29 is 18.8 Å². The SMILES string of the molecule is C#CCNC(=O)COC(=O)c1c(C)noc1C(C)C. The number of amides is 1. The lowest BCUT2D eigenvalue weighted by molar-refractivity contribution is -0.123. The van der Waals surface area contributed by atoms with Crippen LogP contribution in [0.15, 0.2) is 4.52 Å². The number of nitrogens with one attached hydrogen (secondary N) is 1. The molecule has 0 fully saturated rings. The van der Waals surface area contributed by atoms with Crippen LogP contribution in [0.1, 0.15) is 41.6 Å². The van der Waals surface area contributed by atoms with Crippen LogP contribution < -0.4 is 5.32 Å². The van der Waals surface area contributed by atoms with E-state index in [0.717, 1.165) is 0 Å². The van der Waals surface area contributed by atoms with Gasteiger partial charge in [0.1, 0.15) is 5.56 Å². The maximum atomic E-state index is 11.9. The van der Waals surface area contributed by atoms with Gasteiger partial charge in [-0.15, -0.1) is 6.42 Å². The van der Waals surface area contributed by atoms with Gasteiger partial charge in [0.25, 0.3) is 5.91 Å². The minimum atomic E-state index is -0.627. The average molecular weight is 264 g/mol. The first-order chi connectivity index (χ1) is 8.97. The molecule has 0 aliphatic rings. The van der Waals surface area contributed by atoms with Gasteiger partial charge in [-0.3, -0.25) is 4.79 Å². The second-order valence-corrected chi connectivity index (χ2v) is 4.22. The Morgan fingerprint density at radius 3 is 2.79 bits per heavy atom. The van der Waals surface area contributed by atoms with Gasteiger partial charge in [0.05, 0.1) is 12.2 Å². The molecule has 0 spiro atoms. The lowest BCUT2D eigenvalue weighted by atomic mass is 10.1. The summed E-state index contributed by atoms with van der Waals surface area (Å²) in [5.41, 5.74) is 0.720. The Bertz CT molecular complexity index is 511. The molecule has 1 aromatic rings. The molecule has 1 N–H and O–H groups in total. The van der Waals surface area contributed by atoms with E-state index in [1.165, 1.54) is 0 Å². The molecule has 1 aromatic heterocycles. The zero-order chi connectivity index (χ0) is 14.4. The summed E-state index contributed by atoms with van der Waals surface area (Å²) in [5, 5.41) is 6.13. The number of terminal acetylenes is 1. The van der Waals surface area contributed by atoms with Crippen LogP contribution >= 0.6 is 0 Å². The lowest BCUT2D eigenvalue weighted by Gasteiger charge is -2.06. The van der Waals surface area contributed by atoms with E-state index >= 15 is 0 Å². The van der Waals surface area contributed by atoms with Gasteiger partial charge in [-0.25, -0.2) is 4.79 Å². The third-order valence-corrected chi connectivity index (χ3v) is 2.34. The smallest absolute Gasteiger partial charge is 0.344 e. The van der Waals surface area contributed by atoms with Gasteiger partial charge in [-0.2, -0.15) is 0 Å². The van der Waals surface area contributed by atoms with E-state index in [2.05, 4.69) is 16.4 Å². The first-order valence-corrected chi connectivity index (χ1v) is 5.80. The van der Waals surface area contributed by atoms with Crippen LogP contribution in [0.5, 0.6) is 0 Å². The highest BCUT2D eigenvalue weighted by atomic mass is 16.5. The molecule has 0 saturated heterocycles. The van der Waals surface area contributed by atoms with Crippen LogP contribution in [0.2, 0.25) is 0 Å². The molecule has 0 aliphatic carbocycles. The summed E-state index contributed by atoms with van der Waals surface area (Å²) in [7, 11) is 0. The third-order valence-electron chi connectivity index (χ3n) is 2.34. The molecule has 0 saturated carbocycles. The van der Waals surface area contributed by atoms with E-state index < -0.39 is 11.9 Å². The summed E-state index contributed by atoms with van der Waals surface area (Å²) < 4.78 is 9.97. The van der Waals surface area contributed by atoms with Crippen molar-refractivity contribution in [2.24, 2.45) is 0 Å². The summed E-state index contributed by atoms with van der Waals surface area (Å²) in [4.78, 5) is 23.1. The van der Waals surface area contributed by atoms with Crippen molar-refractivity contribution in [1.29, 1.82) is 0 Å². The largest absolute Gasteiger partial charge is 0.452 e. The summed E-state index contributed by atoms with van der Waals surface area (Å²) in [6.45, 7) is 5.10. The number of esters is 1. The second-order valence-electron chi connectivity index (χ2n) is 4.22.